The largest absolute Gasteiger partial charge is 0.381 e. The normalized spacial score (nSPS) is 11.4. The van der Waals surface area contributed by atoms with Crippen LogP contribution >= 0.6 is 11.6 Å². The van der Waals surface area contributed by atoms with Crippen LogP contribution in [0.2, 0.25) is 5.02 Å². The minimum atomic E-state index is -3.71. The van der Waals surface area contributed by atoms with Crippen molar-refractivity contribution in [1.29, 1.82) is 0 Å². The molecule has 30 heavy (non-hydrogen) atoms. The van der Waals surface area contributed by atoms with Gasteiger partial charge >= 0.3 is 0 Å². The molecule has 152 valence electrons. The third-order valence-electron chi connectivity index (χ3n) is 4.59. The van der Waals surface area contributed by atoms with E-state index in [2.05, 4.69) is 5.32 Å². The summed E-state index contributed by atoms with van der Waals surface area (Å²) >= 11 is 6.04. The van der Waals surface area contributed by atoms with Crippen molar-refractivity contribution in [3.8, 4) is 16.9 Å². The maximum atomic E-state index is 11.4. The van der Waals surface area contributed by atoms with Gasteiger partial charge in [0.05, 0.1) is 16.3 Å². The second-order valence-electron chi connectivity index (χ2n) is 6.71. The van der Waals surface area contributed by atoms with Gasteiger partial charge in [0.1, 0.15) is 0 Å². The van der Waals surface area contributed by atoms with Crippen LogP contribution in [-0.4, -0.2) is 18.2 Å². The Morgan fingerprint density at radius 2 is 1.60 bits per heavy atom. The first-order chi connectivity index (χ1) is 14.4. The van der Waals surface area contributed by atoms with Crippen LogP contribution in [0.5, 0.6) is 0 Å². The predicted octanol–water partition coefficient (Wildman–Crippen LogP) is 4.45. The van der Waals surface area contributed by atoms with Crippen molar-refractivity contribution in [3.63, 3.8) is 0 Å². The molecular formula is C22H19ClN4O2S. The van der Waals surface area contributed by atoms with Crippen molar-refractivity contribution in [1.82, 2.24) is 9.78 Å². The third-order valence-corrected chi connectivity index (χ3v) is 5.78. The summed E-state index contributed by atoms with van der Waals surface area (Å²) in [5.41, 5.74) is 4.50. The molecule has 0 atom stereocenters. The van der Waals surface area contributed by atoms with Gasteiger partial charge in [-0.2, -0.15) is 5.10 Å². The van der Waals surface area contributed by atoms with Gasteiger partial charge in [-0.25, -0.2) is 18.2 Å². The van der Waals surface area contributed by atoms with Crippen LogP contribution in [0, 0.1) is 0 Å². The fourth-order valence-corrected chi connectivity index (χ4v) is 3.70. The molecule has 0 saturated carbocycles. The number of primary sulfonamides is 1. The van der Waals surface area contributed by atoms with Crippen molar-refractivity contribution >= 4 is 27.3 Å². The standard InChI is InChI=1S/C22H19ClN4O2S/c23-18-8-6-16(7-9-18)22-17(15-27(26-22)20-4-2-1-3-5-20)14-25-19-10-12-21(13-11-19)30(24,28)29/h1-13,15,25H,14H2,(H2,24,28,29). The van der Waals surface area contributed by atoms with E-state index >= 15 is 0 Å². The van der Waals surface area contributed by atoms with Crippen molar-refractivity contribution in [3.05, 3.63) is 95.6 Å². The fraction of sp³-hybridized carbons (Fsp3) is 0.0455. The first-order valence-corrected chi connectivity index (χ1v) is 11.1. The number of para-hydroxylation sites is 1. The van der Waals surface area contributed by atoms with E-state index < -0.39 is 10.0 Å². The first kappa shape index (κ1) is 20.2. The van der Waals surface area contributed by atoms with E-state index in [1.165, 1.54) is 12.1 Å². The highest BCUT2D eigenvalue weighted by Crippen LogP contribution is 2.26. The number of nitrogens with one attached hydrogen (secondary N) is 1. The zero-order valence-electron chi connectivity index (χ0n) is 15.9. The Hall–Kier alpha value is -3.13. The van der Waals surface area contributed by atoms with E-state index in [-0.39, 0.29) is 4.90 Å². The Balaban J connectivity index is 1.64. The average molecular weight is 439 g/mol. The van der Waals surface area contributed by atoms with Gasteiger partial charge in [0, 0.05) is 34.6 Å². The van der Waals surface area contributed by atoms with E-state index in [9.17, 15) is 8.42 Å². The van der Waals surface area contributed by atoms with Gasteiger partial charge in [-0.05, 0) is 48.5 Å². The number of nitrogens with two attached hydrogens (primary N) is 1. The number of anilines is 1. The summed E-state index contributed by atoms with van der Waals surface area (Å²) < 4.78 is 24.7. The van der Waals surface area contributed by atoms with Gasteiger partial charge in [-0.1, -0.05) is 41.9 Å². The molecule has 4 rings (SSSR count). The summed E-state index contributed by atoms with van der Waals surface area (Å²) in [5.74, 6) is 0. The Kier molecular flexibility index (Phi) is 5.59. The number of benzene rings is 3. The van der Waals surface area contributed by atoms with Gasteiger partial charge in [-0.15, -0.1) is 0 Å². The summed E-state index contributed by atoms with van der Waals surface area (Å²) in [7, 11) is -3.71. The number of aromatic nitrogens is 2. The van der Waals surface area contributed by atoms with Crippen LogP contribution in [0.3, 0.4) is 0 Å². The highest BCUT2D eigenvalue weighted by Gasteiger charge is 2.13. The van der Waals surface area contributed by atoms with E-state index in [1.54, 1.807) is 12.1 Å². The molecule has 0 aliphatic heterocycles. The number of sulfonamides is 1. The summed E-state index contributed by atoms with van der Waals surface area (Å²) in [6.07, 6.45) is 1.98. The van der Waals surface area contributed by atoms with Gasteiger partial charge in [0.25, 0.3) is 0 Å². The van der Waals surface area contributed by atoms with Gasteiger partial charge in [0.2, 0.25) is 10.0 Å². The zero-order chi connectivity index (χ0) is 21.1. The minimum absolute atomic E-state index is 0.0757. The summed E-state index contributed by atoms with van der Waals surface area (Å²) in [5, 5.41) is 13.9. The van der Waals surface area contributed by atoms with Crippen molar-refractivity contribution in [2.75, 3.05) is 5.32 Å². The Bertz CT molecular complexity index is 1250. The van der Waals surface area contributed by atoms with E-state index in [0.717, 1.165) is 28.2 Å². The lowest BCUT2D eigenvalue weighted by molar-refractivity contribution is 0.598. The molecule has 3 N–H and O–H groups in total. The molecule has 0 bridgehead atoms. The van der Waals surface area contributed by atoms with Crippen LogP contribution < -0.4 is 10.5 Å². The van der Waals surface area contributed by atoms with E-state index in [0.29, 0.717) is 11.6 Å². The molecule has 0 spiro atoms. The van der Waals surface area contributed by atoms with Crippen LogP contribution in [0.15, 0.2) is 90.0 Å². The zero-order valence-corrected chi connectivity index (χ0v) is 17.4. The second-order valence-corrected chi connectivity index (χ2v) is 8.71. The number of hydrogen-bond donors (Lipinski definition) is 2. The van der Waals surface area contributed by atoms with Crippen LogP contribution in [-0.2, 0) is 16.6 Å². The van der Waals surface area contributed by atoms with Crippen LogP contribution in [0.4, 0.5) is 5.69 Å². The lowest BCUT2D eigenvalue weighted by Crippen LogP contribution is -2.12. The SMILES string of the molecule is NS(=O)(=O)c1ccc(NCc2cn(-c3ccccc3)nc2-c2ccc(Cl)cc2)cc1. The maximum Gasteiger partial charge on any atom is 0.238 e. The maximum absolute atomic E-state index is 11.4. The molecule has 3 aromatic carbocycles. The van der Waals surface area contributed by atoms with Gasteiger partial charge < -0.3 is 5.32 Å². The Labute approximate surface area is 180 Å². The highest BCUT2D eigenvalue weighted by atomic mass is 35.5. The van der Waals surface area contributed by atoms with E-state index in [4.69, 9.17) is 21.8 Å². The minimum Gasteiger partial charge on any atom is -0.381 e. The number of nitrogens with zero attached hydrogens (tertiary/aromatic N) is 2. The van der Waals surface area contributed by atoms with Crippen molar-refractivity contribution in [2.24, 2.45) is 5.14 Å². The topological polar surface area (TPSA) is 90.0 Å². The summed E-state index contributed by atoms with van der Waals surface area (Å²) in [4.78, 5) is 0.0757. The molecule has 0 saturated heterocycles. The molecule has 0 unspecified atom stereocenters. The number of halogens is 1. The highest BCUT2D eigenvalue weighted by molar-refractivity contribution is 7.89. The van der Waals surface area contributed by atoms with Crippen molar-refractivity contribution < 1.29 is 8.42 Å². The third kappa shape index (κ3) is 4.54. The van der Waals surface area contributed by atoms with Gasteiger partial charge in [0.15, 0.2) is 0 Å². The molecule has 6 nitrogen and oxygen atoms in total. The van der Waals surface area contributed by atoms with Crippen LogP contribution in [0.25, 0.3) is 16.9 Å². The molecule has 4 aromatic rings. The quantitative estimate of drug-likeness (QED) is 0.465. The number of hydrogen-bond acceptors (Lipinski definition) is 4. The first-order valence-electron chi connectivity index (χ1n) is 9.17. The van der Waals surface area contributed by atoms with Gasteiger partial charge in [-0.3, -0.25) is 0 Å². The van der Waals surface area contributed by atoms with Crippen LogP contribution in [0.1, 0.15) is 5.56 Å². The second kappa shape index (κ2) is 8.31. The van der Waals surface area contributed by atoms with E-state index in [1.807, 2.05) is 65.5 Å². The fourth-order valence-electron chi connectivity index (χ4n) is 3.06. The molecule has 0 aliphatic carbocycles. The molecule has 0 amide bonds. The average Bonchev–Trinajstić information content (AvgIpc) is 3.17. The summed E-state index contributed by atoms with van der Waals surface area (Å²) in [6.45, 7) is 0.500. The molecule has 0 fully saturated rings. The molecule has 0 radical (unpaired) electrons. The smallest absolute Gasteiger partial charge is 0.238 e. The molecular weight excluding hydrogens is 420 g/mol. The lowest BCUT2D eigenvalue weighted by atomic mass is 10.1. The number of rotatable bonds is 6. The molecule has 1 heterocycles. The molecule has 8 heteroatoms. The molecule has 1 aromatic heterocycles. The Morgan fingerprint density at radius 3 is 2.23 bits per heavy atom. The summed E-state index contributed by atoms with van der Waals surface area (Å²) in [6, 6.07) is 23.7. The Morgan fingerprint density at radius 1 is 0.933 bits per heavy atom. The lowest BCUT2D eigenvalue weighted by Gasteiger charge is -2.07. The van der Waals surface area contributed by atoms with Crippen molar-refractivity contribution in [2.45, 2.75) is 11.4 Å². The monoisotopic (exact) mass is 438 g/mol. The molecule has 0 aliphatic rings. The predicted molar refractivity (Wildman–Crippen MR) is 119 cm³/mol.